The zero-order valence-corrected chi connectivity index (χ0v) is 34.7. The summed E-state index contributed by atoms with van der Waals surface area (Å²) in [5, 5.41) is 0. The van der Waals surface area contributed by atoms with E-state index in [2.05, 4.69) is 86.8 Å². The average Bonchev–Trinajstić information content (AvgIpc) is 3.09. The van der Waals surface area contributed by atoms with Crippen molar-refractivity contribution in [1.29, 1.82) is 0 Å². The highest BCUT2D eigenvalue weighted by Crippen LogP contribution is 2.43. The van der Waals surface area contributed by atoms with Gasteiger partial charge >= 0.3 is 13.8 Å². The monoisotopic (exact) mass is 751 g/mol. The summed E-state index contributed by atoms with van der Waals surface area (Å²) in [6.07, 6.45) is 45.0. The molecule has 0 saturated carbocycles. The van der Waals surface area contributed by atoms with E-state index in [1.165, 1.54) is 19.3 Å². The van der Waals surface area contributed by atoms with Gasteiger partial charge in [0, 0.05) is 13.0 Å². The van der Waals surface area contributed by atoms with Crippen LogP contribution >= 0.6 is 7.82 Å². The Labute approximate surface area is 319 Å². The summed E-state index contributed by atoms with van der Waals surface area (Å²) in [4.78, 5) is 22.8. The van der Waals surface area contributed by atoms with E-state index < -0.39 is 13.9 Å². The Morgan fingerprint density at radius 1 is 0.615 bits per heavy atom. The third-order valence-electron chi connectivity index (χ3n) is 8.00. The zero-order valence-electron chi connectivity index (χ0n) is 33.8. The lowest BCUT2D eigenvalue weighted by Crippen LogP contribution is -2.37. The van der Waals surface area contributed by atoms with Crippen molar-refractivity contribution >= 4 is 13.8 Å². The van der Waals surface area contributed by atoms with E-state index in [9.17, 15) is 14.3 Å². The van der Waals surface area contributed by atoms with Gasteiger partial charge in [-0.1, -0.05) is 125 Å². The largest absolute Gasteiger partial charge is 0.472 e. The van der Waals surface area contributed by atoms with Gasteiger partial charge in [-0.15, -0.1) is 0 Å². The Hall–Kier alpha value is -2.06. The second kappa shape index (κ2) is 35.9. The number of carbonyl (C=O) groups is 1. The minimum absolute atomic E-state index is 0.0753. The number of hydrogen-bond donors (Lipinski definition) is 1. The first-order valence-electron chi connectivity index (χ1n) is 20.2. The lowest BCUT2D eigenvalue weighted by Gasteiger charge is -2.24. The summed E-state index contributed by atoms with van der Waals surface area (Å²) in [6, 6.07) is 0. The molecule has 0 fully saturated rings. The number of nitrogens with zero attached hydrogens (tertiary/aromatic N) is 1. The van der Waals surface area contributed by atoms with E-state index in [4.69, 9.17) is 18.5 Å². The maximum atomic E-state index is 12.6. The van der Waals surface area contributed by atoms with Gasteiger partial charge in [0.2, 0.25) is 0 Å². The van der Waals surface area contributed by atoms with Gasteiger partial charge in [0.15, 0.2) is 0 Å². The molecule has 0 aromatic heterocycles. The molecule has 2 unspecified atom stereocenters. The minimum Gasteiger partial charge on any atom is -0.457 e. The van der Waals surface area contributed by atoms with Crippen molar-refractivity contribution in [1.82, 2.24) is 0 Å². The molecule has 1 N–H and O–H groups in total. The van der Waals surface area contributed by atoms with Crippen LogP contribution in [0.1, 0.15) is 136 Å². The SMILES string of the molecule is CC/C=C\C/C=C\C/C=C\C/C=C\CCCCCOCC(COP(=O)(O)OCC[N+](C)(C)C)OC(=O)CCCCCCC/C=C\C/C=C\CCCC. The number of likely N-dealkylation sites (N-methyl/N-ethyl adjacent to an activating group) is 1. The molecule has 9 heteroatoms. The average molecular weight is 751 g/mol. The van der Waals surface area contributed by atoms with E-state index in [-0.39, 0.29) is 25.8 Å². The predicted molar refractivity (Wildman–Crippen MR) is 219 cm³/mol. The quantitative estimate of drug-likeness (QED) is 0.0224. The lowest BCUT2D eigenvalue weighted by molar-refractivity contribution is -0.870. The van der Waals surface area contributed by atoms with E-state index in [0.29, 0.717) is 24.1 Å². The van der Waals surface area contributed by atoms with E-state index in [0.717, 1.165) is 96.3 Å². The Balaban J connectivity index is 4.39. The lowest BCUT2D eigenvalue weighted by atomic mass is 10.1. The normalized spacial score (nSPS) is 14.7. The summed E-state index contributed by atoms with van der Waals surface area (Å²) in [7, 11) is 1.62. The molecule has 0 heterocycles. The topological polar surface area (TPSA) is 91.3 Å². The van der Waals surface area contributed by atoms with E-state index >= 15 is 0 Å². The third kappa shape index (κ3) is 39.2. The van der Waals surface area contributed by atoms with Crippen LogP contribution in [0.15, 0.2) is 72.9 Å². The van der Waals surface area contributed by atoms with Crippen LogP contribution in [-0.4, -0.2) is 75.6 Å². The highest BCUT2D eigenvalue weighted by atomic mass is 31.2. The number of phosphoric ester groups is 1. The Morgan fingerprint density at radius 3 is 1.67 bits per heavy atom. The second-order valence-corrected chi connectivity index (χ2v) is 15.7. The molecule has 0 bridgehead atoms. The number of phosphoric acid groups is 1. The van der Waals surface area contributed by atoms with Gasteiger partial charge in [0.05, 0.1) is 34.4 Å². The number of quaternary nitrogens is 1. The highest BCUT2D eigenvalue weighted by molar-refractivity contribution is 7.47. The molecule has 8 nitrogen and oxygen atoms in total. The number of rotatable bonds is 36. The third-order valence-corrected chi connectivity index (χ3v) is 8.99. The molecule has 0 aliphatic rings. The van der Waals surface area contributed by atoms with E-state index in [1.54, 1.807) is 0 Å². The number of esters is 1. The van der Waals surface area contributed by atoms with Crippen molar-refractivity contribution in [3.05, 3.63) is 72.9 Å². The molecule has 0 saturated heterocycles. The highest BCUT2D eigenvalue weighted by Gasteiger charge is 2.26. The van der Waals surface area contributed by atoms with Gasteiger partial charge in [-0.05, 0) is 77.0 Å². The Bertz CT molecular complexity index is 1060. The molecule has 0 radical (unpaired) electrons. The zero-order chi connectivity index (χ0) is 38.4. The summed E-state index contributed by atoms with van der Waals surface area (Å²) in [5.74, 6) is -0.344. The number of allylic oxidation sites excluding steroid dienone is 12. The molecule has 0 aromatic rings. The molecular formula is C43H77NO7P+. The number of hydrogen-bond acceptors (Lipinski definition) is 6. The summed E-state index contributed by atoms with van der Waals surface area (Å²) in [6.45, 7) is 5.34. The van der Waals surface area contributed by atoms with Gasteiger partial charge in [-0.25, -0.2) is 4.57 Å². The first-order valence-corrected chi connectivity index (χ1v) is 21.7. The molecule has 0 amide bonds. The van der Waals surface area contributed by atoms with Crippen molar-refractivity contribution in [2.75, 3.05) is 54.1 Å². The number of carbonyl (C=O) groups excluding carboxylic acids is 1. The first-order chi connectivity index (χ1) is 25.1. The van der Waals surface area contributed by atoms with Crippen LogP contribution in [0.3, 0.4) is 0 Å². The number of ether oxygens (including phenoxy) is 2. The van der Waals surface area contributed by atoms with Crippen molar-refractivity contribution in [2.45, 2.75) is 142 Å². The standard InChI is InChI=1S/C43H76NO7P/c1-6-8-10-12-14-16-18-20-22-23-25-27-29-31-33-35-38-48-40-42(41-50-52(46,47)49-39-37-44(3,4)5)51-43(45)36-34-32-30-28-26-24-21-19-17-15-13-11-9-7-2/h8,10,13-16,19-22,25,27,42H,6-7,9,11-12,17-18,23-24,26,28-41H2,1-5H3/p+1/b10-8-,15-13-,16-14-,21-19-,22-20-,27-25-. The maximum Gasteiger partial charge on any atom is 0.472 e. The Morgan fingerprint density at radius 2 is 1.12 bits per heavy atom. The van der Waals surface area contributed by atoms with Gasteiger partial charge in [0.1, 0.15) is 19.3 Å². The van der Waals surface area contributed by atoms with E-state index in [1.807, 2.05) is 21.1 Å². The maximum absolute atomic E-state index is 12.6. The fourth-order valence-electron chi connectivity index (χ4n) is 4.85. The van der Waals surface area contributed by atoms with Crippen molar-refractivity contribution in [3.63, 3.8) is 0 Å². The molecule has 0 aromatic carbocycles. The summed E-state index contributed by atoms with van der Waals surface area (Å²) in [5.41, 5.74) is 0. The predicted octanol–water partition coefficient (Wildman–Crippen LogP) is 11.5. The summed E-state index contributed by atoms with van der Waals surface area (Å²) < 4.78 is 34.8. The van der Waals surface area contributed by atoms with Gasteiger partial charge in [-0.2, -0.15) is 0 Å². The molecule has 0 rings (SSSR count). The first kappa shape index (κ1) is 49.9. The molecule has 300 valence electrons. The van der Waals surface area contributed by atoms with Gasteiger partial charge in [-0.3, -0.25) is 13.8 Å². The number of unbranched alkanes of at least 4 members (excludes halogenated alkanes) is 10. The van der Waals surface area contributed by atoms with Crippen LogP contribution in [-0.2, 0) is 27.9 Å². The fraction of sp³-hybridized carbons (Fsp3) is 0.698. The van der Waals surface area contributed by atoms with Crippen LogP contribution in [0.5, 0.6) is 0 Å². The van der Waals surface area contributed by atoms with Crippen LogP contribution in [0.4, 0.5) is 0 Å². The Kier molecular flexibility index (Phi) is 34.5. The fourth-order valence-corrected chi connectivity index (χ4v) is 5.59. The molecule has 0 aliphatic heterocycles. The molecular weight excluding hydrogens is 673 g/mol. The second-order valence-electron chi connectivity index (χ2n) is 14.3. The van der Waals surface area contributed by atoms with Gasteiger partial charge in [0.25, 0.3) is 0 Å². The van der Waals surface area contributed by atoms with Crippen molar-refractivity contribution in [3.8, 4) is 0 Å². The minimum atomic E-state index is -4.29. The van der Waals surface area contributed by atoms with Crippen LogP contribution in [0.2, 0.25) is 0 Å². The van der Waals surface area contributed by atoms with Crippen molar-refractivity contribution < 1.29 is 37.3 Å². The summed E-state index contributed by atoms with van der Waals surface area (Å²) >= 11 is 0. The van der Waals surface area contributed by atoms with Gasteiger partial charge < -0.3 is 18.9 Å². The molecule has 52 heavy (non-hydrogen) atoms. The smallest absolute Gasteiger partial charge is 0.457 e. The van der Waals surface area contributed by atoms with Crippen LogP contribution in [0, 0.1) is 0 Å². The molecule has 0 spiro atoms. The van der Waals surface area contributed by atoms with Crippen LogP contribution in [0.25, 0.3) is 0 Å². The molecule has 0 aliphatic carbocycles. The molecule has 2 atom stereocenters. The van der Waals surface area contributed by atoms with Crippen LogP contribution < -0.4 is 0 Å². The van der Waals surface area contributed by atoms with Crippen molar-refractivity contribution in [2.24, 2.45) is 0 Å².